The van der Waals surface area contributed by atoms with Gasteiger partial charge in [0.2, 0.25) is 5.91 Å². The summed E-state index contributed by atoms with van der Waals surface area (Å²) in [6.07, 6.45) is 2.93. The average Bonchev–Trinajstić information content (AvgIpc) is 3.19. The smallest absolute Gasteiger partial charge is 0.248 e. The van der Waals surface area contributed by atoms with Gasteiger partial charge in [0.05, 0.1) is 24.9 Å². The molecule has 0 bridgehead atoms. The number of likely N-dealkylation sites (tertiary alicyclic amines) is 1. The molecule has 0 radical (unpaired) electrons. The van der Waals surface area contributed by atoms with Gasteiger partial charge in [0, 0.05) is 12.2 Å². The van der Waals surface area contributed by atoms with E-state index in [-0.39, 0.29) is 18.6 Å². The molecule has 1 aliphatic rings. The molecule has 3 rings (SSSR count). The Labute approximate surface area is 149 Å². The van der Waals surface area contributed by atoms with Crippen molar-refractivity contribution >= 4 is 5.91 Å². The molecule has 1 fully saturated rings. The summed E-state index contributed by atoms with van der Waals surface area (Å²) in [4.78, 5) is 14.5. The van der Waals surface area contributed by atoms with Gasteiger partial charge in [-0.3, -0.25) is 9.48 Å². The largest absolute Gasteiger partial charge is 0.371 e. The number of amides is 1. The minimum atomic E-state index is 0.0945. The molecule has 1 atom stereocenters. The summed E-state index contributed by atoms with van der Waals surface area (Å²) in [5.74, 6) is 0.0945. The number of benzene rings is 1. The highest BCUT2D eigenvalue weighted by atomic mass is 16.5. The molecule has 0 unspecified atom stereocenters. The Kier molecular flexibility index (Phi) is 5.87. The number of hydrogen-bond acceptors (Lipinski definition) is 3. The Morgan fingerprint density at radius 1 is 1.28 bits per heavy atom. The second-order valence-electron chi connectivity index (χ2n) is 6.78. The van der Waals surface area contributed by atoms with E-state index < -0.39 is 0 Å². The molecule has 5 nitrogen and oxygen atoms in total. The van der Waals surface area contributed by atoms with Crippen molar-refractivity contribution in [1.29, 1.82) is 0 Å². The molecule has 1 saturated heterocycles. The van der Waals surface area contributed by atoms with E-state index in [9.17, 15) is 4.79 Å². The van der Waals surface area contributed by atoms with Crippen LogP contribution in [0.4, 0.5) is 0 Å². The third-order valence-electron chi connectivity index (χ3n) is 4.79. The van der Waals surface area contributed by atoms with Crippen molar-refractivity contribution in [2.24, 2.45) is 0 Å². The van der Waals surface area contributed by atoms with Crippen molar-refractivity contribution in [3.05, 3.63) is 53.3 Å². The molecule has 2 heterocycles. The highest BCUT2D eigenvalue weighted by molar-refractivity contribution is 5.78. The first kappa shape index (κ1) is 17.7. The van der Waals surface area contributed by atoms with Crippen LogP contribution in [0.25, 0.3) is 0 Å². The Bertz CT molecular complexity index is 696. The maximum atomic E-state index is 12.5. The Morgan fingerprint density at radius 2 is 2.08 bits per heavy atom. The molecule has 0 N–H and O–H groups in total. The van der Waals surface area contributed by atoms with Gasteiger partial charge in [-0.05, 0) is 44.7 Å². The van der Waals surface area contributed by atoms with Crippen LogP contribution in [0.15, 0.2) is 36.4 Å². The number of aryl methyl sites for hydroxylation is 2. The van der Waals surface area contributed by atoms with Crippen molar-refractivity contribution < 1.29 is 9.53 Å². The van der Waals surface area contributed by atoms with Gasteiger partial charge >= 0.3 is 0 Å². The first-order valence-electron chi connectivity index (χ1n) is 9.05. The predicted molar refractivity (Wildman–Crippen MR) is 97.4 cm³/mol. The number of rotatable bonds is 7. The minimum Gasteiger partial charge on any atom is -0.371 e. The average molecular weight is 341 g/mol. The highest BCUT2D eigenvalue weighted by Crippen LogP contribution is 2.20. The van der Waals surface area contributed by atoms with Crippen LogP contribution in [0.3, 0.4) is 0 Å². The third kappa shape index (κ3) is 4.69. The van der Waals surface area contributed by atoms with E-state index in [1.54, 1.807) is 0 Å². The molecular formula is C20H27N3O2. The lowest BCUT2D eigenvalue weighted by Crippen LogP contribution is -2.40. The molecule has 1 aromatic heterocycles. The van der Waals surface area contributed by atoms with E-state index in [1.807, 2.05) is 34.7 Å². The van der Waals surface area contributed by atoms with E-state index in [0.29, 0.717) is 6.61 Å². The van der Waals surface area contributed by atoms with Crippen molar-refractivity contribution in [2.45, 2.75) is 45.7 Å². The molecule has 25 heavy (non-hydrogen) atoms. The fourth-order valence-corrected chi connectivity index (χ4v) is 3.49. The predicted octanol–water partition coefficient (Wildman–Crippen LogP) is 2.75. The van der Waals surface area contributed by atoms with Crippen molar-refractivity contribution in [2.75, 3.05) is 19.8 Å². The third-order valence-corrected chi connectivity index (χ3v) is 4.79. The molecule has 134 valence electrons. The number of ether oxygens (including phenoxy) is 1. The lowest BCUT2D eigenvalue weighted by Gasteiger charge is -2.25. The molecule has 1 amide bonds. The van der Waals surface area contributed by atoms with E-state index in [4.69, 9.17) is 4.74 Å². The lowest BCUT2D eigenvalue weighted by molar-refractivity contribution is -0.137. The number of hydrogen-bond donors (Lipinski definition) is 0. The Morgan fingerprint density at radius 3 is 2.80 bits per heavy atom. The maximum Gasteiger partial charge on any atom is 0.248 e. The fourth-order valence-electron chi connectivity index (χ4n) is 3.49. The summed E-state index contributed by atoms with van der Waals surface area (Å²) in [7, 11) is 0. The standard InChI is InChI=1S/C20H27N3O2/c1-16-13-17(2)23(21-16)14-19-9-6-11-22(19)20(24)15-25-12-10-18-7-4-3-5-8-18/h3-5,7-8,13,19H,6,9-12,14-15H2,1-2H3/t19-/m1/s1. The zero-order valence-electron chi connectivity index (χ0n) is 15.1. The second kappa shape index (κ2) is 8.30. The monoisotopic (exact) mass is 341 g/mol. The van der Waals surface area contributed by atoms with Gasteiger partial charge in [-0.15, -0.1) is 0 Å². The summed E-state index contributed by atoms with van der Waals surface area (Å²) < 4.78 is 7.64. The molecular weight excluding hydrogens is 314 g/mol. The Balaban J connectivity index is 1.46. The Hall–Kier alpha value is -2.14. The van der Waals surface area contributed by atoms with Crippen molar-refractivity contribution in [3.63, 3.8) is 0 Å². The summed E-state index contributed by atoms with van der Waals surface area (Å²) in [5, 5.41) is 4.52. The van der Waals surface area contributed by atoms with Gasteiger partial charge in [0.25, 0.3) is 0 Å². The van der Waals surface area contributed by atoms with Crippen LogP contribution in [0.2, 0.25) is 0 Å². The first-order valence-corrected chi connectivity index (χ1v) is 9.05. The van der Waals surface area contributed by atoms with Crippen LogP contribution in [0.5, 0.6) is 0 Å². The molecule has 0 spiro atoms. The van der Waals surface area contributed by atoms with Crippen LogP contribution in [-0.4, -0.2) is 46.4 Å². The van der Waals surface area contributed by atoms with Crippen molar-refractivity contribution in [3.8, 4) is 0 Å². The van der Waals surface area contributed by atoms with Gasteiger partial charge in [-0.1, -0.05) is 30.3 Å². The quantitative estimate of drug-likeness (QED) is 0.728. The molecule has 0 aliphatic carbocycles. The topological polar surface area (TPSA) is 47.4 Å². The molecule has 1 aromatic carbocycles. The normalized spacial score (nSPS) is 17.2. The summed E-state index contributed by atoms with van der Waals surface area (Å²) in [6.45, 7) is 6.40. The number of aromatic nitrogens is 2. The van der Waals surface area contributed by atoms with E-state index in [0.717, 1.165) is 43.7 Å². The highest BCUT2D eigenvalue weighted by Gasteiger charge is 2.29. The van der Waals surface area contributed by atoms with Crippen molar-refractivity contribution in [1.82, 2.24) is 14.7 Å². The fraction of sp³-hybridized carbons (Fsp3) is 0.500. The van der Waals surface area contributed by atoms with Gasteiger partial charge in [-0.2, -0.15) is 5.10 Å². The van der Waals surface area contributed by atoms with Crippen LogP contribution in [0, 0.1) is 13.8 Å². The van der Waals surface area contributed by atoms with Crippen LogP contribution < -0.4 is 0 Å². The second-order valence-corrected chi connectivity index (χ2v) is 6.78. The van der Waals surface area contributed by atoms with Gasteiger partial charge < -0.3 is 9.64 Å². The zero-order chi connectivity index (χ0) is 17.6. The molecule has 5 heteroatoms. The number of nitrogens with zero attached hydrogens (tertiary/aromatic N) is 3. The van der Waals surface area contributed by atoms with Gasteiger partial charge in [0.15, 0.2) is 0 Å². The van der Waals surface area contributed by atoms with E-state index >= 15 is 0 Å². The minimum absolute atomic E-state index is 0.0945. The summed E-state index contributed by atoms with van der Waals surface area (Å²) >= 11 is 0. The molecule has 1 aliphatic heterocycles. The number of carbonyl (C=O) groups excluding carboxylic acids is 1. The first-order chi connectivity index (χ1) is 12.1. The van der Waals surface area contributed by atoms with E-state index in [2.05, 4.69) is 30.2 Å². The lowest BCUT2D eigenvalue weighted by atomic mass is 10.2. The summed E-state index contributed by atoms with van der Waals surface area (Å²) in [6, 6.07) is 12.5. The summed E-state index contributed by atoms with van der Waals surface area (Å²) in [5.41, 5.74) is 3.41. The van der Waals surface area contributed by atoms with Crippen LogP contribution in [0.1, 0.15) is 29.8 Å². The van der Waals surface area contributed by atoms with Crippen LogP contribution >= 0.6 is 0 Å². The van der Waals surface area contributed by atoms with E-state index in [1.165, 1.54) is 5.56 Å². The van der Waals surface area contributed by atoms with Crippen LogP contribution in [-0.2, 0) is 22.5 Å². The maximum absolute atomic E-state index is 12.5. The molecule has 0 saturated carbocycles. The van der Waals surface area contributed by atoms with Gasteiger partial charge in [-0.25, -0.2) is 0 Å². The zero-order valence-corrected chi connectivity index (χ0v) is 15.1. The SMILES string of the molecule is Cc1cc(C)n(C[C@H]2CCCN2C(=O)COCCc2ccccc2)n1. The molecule has 2 aromatic rings. The number of carbonyl (C=O) groups is 1. The van der Waals surface area contributed by atoms with Gasteiger partial charge in [0.1, 0.15) is 6.61 Å².